The molecule has 0 spiro atoms. The molecule has 7 nitrogen and oxygen atoms in total. The molecule has 0 saturated carbocycles. The highest BCUT2D eigenvalue weighted by atomic mass is 32.2. The summed E-state index contributed by atoms with van der Waals surface area (Å²) in [6.07, 6.45) is 4.22. The van der Waals surface area contributed by atoms with Crippen molar-refractivity contribution in [1.29, 1.82) is 0 Å². The van der Waals surface area contributed by atoms with Crippen molar-refractivity contribution >= 4 is 34.3 Å². The second-order valence-electron chi connectivity index (χ2n) is 7.34. The van der Waals surface area contributed by atoms with Crippen LogP contribution < -0.4 is 20.3 Å². The van der Waals surface area contributed by atoms with Gasteiger partial charge in [-0.3, -0.25) is 14.2 Å². The van der Waals surface area contributed by atoms with Crippen molar-refractivity contribution < 1.29 is 14.3 Å². The van der Waals surface area contributed by atoms with Crippen LogP contribution in [0.15, 0.2) is 52.4 Å². The lowest BCUT2D eigenvalue weighted by Gasteiger charge is -2.13. The predicted octanol–water partition coefficient (Wildman–Crippen LogP) is 4.72. The van der Waals surface area contributed by atoms with Crippen LogP contribution in [0.2, 0.25) is 0 Å². The molecule has 0 radical (unpaired) electrons. The average molecular weight is 456 g/mol. The number of amides is 1. The fraction of sp³-hybridized carbons (Fsp3) is 0.375. The van der Waals surface area contributed by atoms with Crippen LogP contribution in [-0.2, 0) is 11.3 Å². The first-order chi connectivity index (χ1) is 15.6. The lowest BCUT2D eigenvalue weighted by molar-refractivity contribution is -0.113. The third-order valence-electron chi connectivity index (χ3n) is 5.06. The number of methoxy groups -OCH3 is 2. The number of ether oxygens (including phenoxy) is 2. The van der Waals surface area contributed by atoms with Gasteiger partial charge in [0.25, 0.3) is 5.56 Å². The maximum absolute atomic E-state index is 13.1. The molecule has 1 aromatic heterocycles. The number of nitrogens with zero attached hydrogens (tertiary/aromatic N) is 2. The number of para-hydroxylation sites is 1. The van der Waals surface area contributed by atoms with Crippen molar-refractivity contribution in [3.05, 3.63) is 52.8 Å². The minimum atomic E-state index is -0.192. The molecule has 3 aromatic rings. The number of thioether (sulfide) groups is 1. The first kappa shape index (κ1) is 23.7. The Labute approximate surface area is 192 Å². The summed E-state index contributed by atoms with van der Waals surface area (Å²) >= 11 is 1.27. The molecule has 1 N–H and O–H groups in total. The second-order valence-corrected chi connectivity index (χ2v) is 8.28. The number of fused-ring (bicyclic) bond motifs is 1. The minimum absolute atomic E-state index is 0.0603. The zero-order valence-electron chi connectivity index (χ0n) is 18.7. The Kier molecular flexibility index (Phi) is 8.56. The van der Waals surface area contributed by atoms with Crippen LogP contribution in [0.3, 0.4) is 0 Å². The number of hydrogen-bond acceptors (Lipinski definition) is 6. The van der Waals surface area contributed by atoms with Gasteiger partial charge >= 0.3 is 0 Å². The predicted molar refractivity (Wildman–Crippen MR) is 129 cm³/mol. The quantitative estimate of drug-likeness (QED) is 0.256. The zero-order chi connectivity index (χ0) is 22.9. The Morgan fingerprint density at radius 2 is 1.84 bits per heavy atom. The van der Waals surface area contributed by atoms with E-state index in [2.05, 4.69) is 17.2 Å². The fourth-order valence-corrected chi connectivity index (χ4v) is 4.22. The van der Waals surface area contributed by atoms with Crippen LogP contribution >= 0.6 is 11.8 Å². The van der Waals surface area contributed by atoms with Crippen LogP contribution in [0.5, 0.6) is 11.5 Å². The van der Waals surface area contributed by atoms with Crippen molar-refractivity contribution in [2.75, 3.05) is 25.3 Å². The van der Waals surface area contributed by atoms with E-state index in [-0.39, 0.29) is 17.2 Å². The van der Waals surface area contributed by atoms with Gasteiger partial charge in [-0.2, -0.15) is 0 Å². The molecule has 8 heteroatoms. The lowest BCUT2D eigenvalue weighted by Crippen LogP contribution is -2.24. The lowest BCUT2D eigenvalue weighted by atomic mass is 10.2. The number of aromatic nitrogens is 2. The Morgan fingerprint density at radius 1 is 1.06 bits per heavy atom. The maximum atomic E-state index is 13.1. The molecule has 32 heavy (non-hydrogen) atoms. The molecule has 0 aliphatic heterocycles. The van der Waals surface area contributed by atoms with Crippen LogP contribution in [0, 0.1) is 0 Å². The van der Waals surface area contributed by atoms with Gasteiger partial charge in [0.15, 0.2) is 16.7 Å². The van der Waals surface area contributed by atoms with E-state index < -0.39 is 0 Å². The van der Waals surface area contributed by atoms with E-state index in [4.69, 9.17) is 9.47 Å². The molecular formula is C24H29N3O4S. The molecule has 0 aliphatic rings. The van der Waals surface area contributed by atoms with Crippen LogP contribution in [0.1, 0.15) is 32.6 Å². The first-order valence-corrected chi connectivity index (χ1v) is 11.7. The fourth-order valence-electron chi connectivity index (χ4n) is 3.39. The smallest absolute Gasteiger partial charge is 0.262 e. The third-order valence-corrected chi connectivity index (χ3v) is 6.04. The van der Waals surface area contributed by atoms with E-state index in [1.807, 2.05) is 18.2 Å². The van der Waals surface area contributed by atoms with Gasteiger partial charge in [0.05, 0.1) is 30.9 Å². The van der Waals surface area contributed by atoms with Crippen molar-refractivity contribution in [3.8, 4) is 11.5 Å². The largest absolute Gasteiger partial charge is 0.493 e. The number of unbranched alkanes of at least 4 members (excludes halogenated alkanes) is 3. The Bertz CT molecular complexity index is 1130. The Morgan fingerprint density at radius 3 is 2.59 bits per heavy atom. The number of carbonyl (C=O) groups is 1. The van der Waals surface area contributed by atoms with Gasteiger partial charge < -0.3 is 14.8 Å². The summed E-state index contributed by atoms with van der Waals surface area (Å²) in [7, 11) is 3.11. The molecule has 0 unspecified atom stereocenters. The molecule has 1 heterocycles. The number of anilines is 1. The zero-order valence-corrected chi connectivity index (χ0v) is 19.5. The molecule has 3 rings (SSSR count). The molecule has 1 amide bonds. The van der Waals surface area contributed by atoms with Gasteiger partial charge in [-0.1, -0.05) is 50.1 Å². The summed E-state index contributed by atoms with van der Waals surface area (Å²) < 4.78 is 12.2. The van der Waals surface area contributed by atoms with E-state index in [0.717, 1.165) is 25.7 Å². The monoisotopic (exact) mass is 455 g/mol. The van der Waals surface area contributed by atoms with Gasteiger partial charge in [-0.15, -0.1) is 0 Å². The summed E-state index contributed by atoms with van der Waals surface area (Å²) in [5.41, 5.74) is 1.19. The van der Waals surface area contributed by atoms with E-state index in [9.17, 15) is 9.59 Å². The molecule has 0 bridgehead atoms. The summed E-state index contributed by atoms with van der Waals surface area (Å²) in [6, 6.07) is 12.5. The highest BCUT2D eigenvalue weighted by molar-refractivity contribution is 7.99. The molecule has 0 atom stereocenters. The number of rotatable bonds is 11. The van der Waals surface area contributed by atoms with Crippen LogP contribution in [0.25, 0.3) is 10.9 Å². The molecule has 0 aliphatic carbocycles. The van der Waals surface area contributed by atoms with Gasteiger partial charge in [0.1, 0.15) is 0 Å². The average Bonchev–Trinajstić information content (AvgIpc) is 2.81. The van der Waals surface area contributed by atoms with Crippen molar-refractivity contribution in [2.24, 2.45) is 0 Å². The van der Waals surface area contributed by atoms with Crippen LogP contribution in [0.4, 0.5) is 5.69 Å². The minimum Gasteiger partial charge on any atom is -0.493 e. The van der Waals surface area contributed by atoms with Crippen molar-refractivity contribution in [1.82, 2.24) is 9.55 Å². The molecular weight excluding hydrogens is 426 g/mol. The van der Waals surface area contributed by atoms with Crippen LogP contribution in [-0.4, -0.2) is 35.4 Å². The summed E-state index contributed by atoms with van der Waals surface area (Å²) in [5.74, 6) is 1.07. The van der Waals surface area contributed by atoms with Crippen molar-refractivity contribution in [3.63, 3.8) is 0 Å². The van der Waals surface area contributed by atoms with E-state index >= 15 is 0 Å². The second kappa shape index (κ2) is 11.6. The number of benzene rings is 2. The highest BCUT2D eigenvalue weighted by Gasteiger charge is 2.14. The van der Waals surface area contributed by atoms with Gasteiger partial charge in [-0.05, 0) is 30.7 Å². The summed E-state index contributed by atoms with van der Waals surface area (Å²) in [5, 5.41) is 4.02. The highest BCUT2D eigenvalue weighted by Crippen LogP contribution is 2.30. The van der Waals surface area contributed by atoms with E-state index in [1.54, 1.807) is 43.1 Å². The SMILES string of the molecule is CCCCCCn1c(SCC(=O)Nc2ccc(OC)c(OC)c2)nc2ccccc2c1=O. The Hall–Kier alpha value is -3.00. The summed E-state index contributed by atoms with van der Waals surface area (Å²) in [6.45, 7) is 2.75. The standard InChI is InChI=1S/C24H29N3O4S/c1-4-5-6-9-14-27-23(29)18-10-7-8-11-19(18)26-24(27)32-16-22(28)25-17-12-13-20(30-2)21(15-17)31-3/h7-8,10-13,15H,4-6,9,14,16H2,1-3H3,(H,25,28). The number of carbonyl (C=O) groups excluding carboxylic acids is 1. The summed E-state index contributed by atoms with van der Waals surface area (Å²) in [4.78, 5) is 30.3. The normalized spacial score (nSPS) is 10.8. The van der Waals surface area contributed by atoms with Gasteiger partial charge in [0.2, 0.25) is 5.91 Å². The molecule has 170 valence electrons. The van der Waals surface area contributed by atoms with E-state index in [0.29, 0.717) is 39.8 Å². The maximum Gasteiger partial charge on any atom is 0.262 e. The number of hydrogen-bond donors (Lipinski definition) is 1. The van der Waals surface area contributed by atoms with Gasteiger partial charge in [-0.25, -0.2) is 4.98 Å². The molecule has 0 saturated heterocycles. The third kappa shape index (κ3) is 5.82. The topological polar surface area (TPSA) is 82.5 Å². The van der Waals surface area contributed by atoms with Gasteiger partial charge in [0, 0.05) is 18.3 Å². The Balaban J connectivity index is 1.75. The number of nitrogens with one attached hydrogen (secondary N) is 1. The molecule has 2 aromatic carbocycles. The van der Waals surface area contributed by atoms with Crippen molar-refractivity contribution in [2.45, 2.75) is 44.3 Å². The van der Waals surface area contributed by atoms with E-state index in [1.165, 1.54) is 11.8 Å². The molecule has 0 fully saturated rings. The first-order valence-electron chi connectivity index (χ1n) is 10.7.